The number of rotatable bonds is 4. The number of ether oxygens (including phenoxy) is 1. The molecular formula is C11H19N3O. The monoisotopic (exact) mass is 209 g/mol. The smallest absolute Gasteiger partial charge is 0.0534 e. The largest absolute Gasteiger partial charge is 0.381 e. The van der Waals surface area contributed by atoms with E-state index < -0.39 is 0 Å². The van der Waals surface area contributed by atoms with E-state index in [0.717, 1.165) is 31.2 Å². The van der Waals surface area contributed by atoms with Crippen molar-refractivity contribution in [1.82, 2.24) is 9.78 Å². The van der Waals surface area contributed by atoms with Crippen molar-refractivity contribution in [2.24, 2.45) is 11.7 Å². The van der Waals surface area contributed by atoms with Crippen LogP contribution in [-0.4, -0.2) is 23.0 Å². The van der Waals surface area contributed by atoms with Crippen molar-refractivity contribution in [2.45, 2.75) is 32.4 Å². The number of nitrogens with zero attached hydrogens (tertiary/aromatic N) is 2. The zero-order valence-corrected chi connectivity index (χ0v) is 9.06. The maximum absolute atomic E-state index is 5.53. The third kappa shape index (κ3) is 3.04. The summed E-state index contributed by atoms with van der Waals surface area (Å²) in [6, 6.07) is 0. The Morgan fingerprint density at radius 1 is 1.47 bits per heavy atom. The third-order valence-corrected chi connectivity index (χ3v) is 3.03. The summed E-state index contributed by atoms with van der Waals surface area (Å²) < 4.78 is 7.33. The quantitative estimate of drug-likeness (QED) is 0.809. The van der Waals surface area contributed by atoms with Crippen LogP contribution in [0.4, 0.5) is 0 Å². The molecule has 1 saturated heterocycles. The van der Waals surface area contributed by atoms with Crippen LogP contribution in [0.25, 0.3) is 0 Å². The highest BCUT2D eigenvalue weighted by atomic mass is 16.5. The minimum atomic E-state index is 0.581. The standard InChI is InChI=1S/C11H19N3O/c12-7-11-8-13-14(9-11)4-1-10-2-5-15-6-3-10/h8-10H,1-7,12H2. The van der Waals surface area contributed by atoms with Gasteiger partial charge in [0.2, 0.25) is 0 Å². The van der Waals surface area contributed by atoms with Crippen LogP contribution in [0.3, 0.4) is 0 Å². The molecule has 4 heteroatoms. The first-order valence-corrected chi connectivity index (χ1v) is 5.67. The Kier molecular flexibility index (Phi) is 3.75. The van der Waals surface area contributed by atoms with Gasteiger partial charge < -0.3 is 10.5 Å². The Bertz CT molecular complexity index is 292. The molecule has 0 amide bonds. The lowest BCUT2D eigenvalue weighted by molar-refractivity contribution is 0.0623. The van der Waals surface area contributed by atoms with E-state index in [-0.39, 0.29) is 0 Å². The second-order valence-corrected chi connectivity index (χ2v) is 4.16. The van der Waals surface area contributed by atoms with Crippen molar-refractivity contribution >= 4 is 0 Å². The van der Waals surface area contributed by atoms with Crippen molar-refractivity contribution in [3.8, 4) is 0 Å². The molecule has 0 unspecified atom stereocenters. The summed E-state index contributed by atoms with van der Waals surface area (Å²) in [6.45, 7) is 3.44. The number of hydrogen-bond donors (Lipinski definition) is 1. The SMILES string of the molecule is NCc1cnn(CCC2CCOCC2)c1. The highest BCUT2D eigenvalue weighted by molar-refractivity contribution is 5.02. The maximum Gasteiger partial charge on any atom is 0.0534 e. The molecule has 1 aliphatic heterocycles. The van der Waals surface area contributed by atoms with Gasteiger partial charge in [-0.15, -0.1) is 0 Å². The van der Waals surface area contributed by atoms with E-state index in [9.17, 15) is 0 Å². The summed E-state index contributed by atoms with van der Waals surface area (Å²) in [7, 11) is 0. The Balaban J connectivity index is 1.76. The van der Waals surface area contributed by atoms with E-state index in [1.807, 2.05) is 17.1 Å². The molecule has 1 aromatic heterocycles. The first-order chi connectivity index (χ1) is 7.38. The molecule has 0 bridgehead atoms. The number of hydrogen-bond acceptors (Lipinski definition) is 3. The van der Waals surface area contributed by atoms with E-state index in [1.54, 1.807) is 0 Å². The number of aromatic nitrogens is 2. The summed E-state index contributed by atoms with van der Waals surface area (Å²) in [5.74, 6) is 0.810. The Morgan fingerprint density at radius 2 is 2.27 bits per heavy atom. The Hall–Kier alpha value is -0.870. The van der Waals surface area contributed by atoms with Gasteiger partial charge in [0.25, 0.3) is 0 Å². The third-order valence-electron chi connectivity index (χ3n) is 3.03. The summed E-state index contributed by atoms with van der Waals surface area (Å²) >= 11 is 0. The predicted octanol–water partition coefficient (Wildman–Crippen LogP) is 1.16. The van der Waals surface area contributed by atoms with Crippen molar-refractivity contribution in [1.29, 1.82) is 0 Å². The normalized spacial score (nSPS) is 18.2. The molecule has 0 saturated carbocycles. The van der Waals surface area contributed by atoms with E-state index >= 15 is 0 Å². The molecule has 2 N–H and O–H groups in total. The minimum Gasteiger partial charge on any atom is -0.381 e. The van der Waals surface area contributed by atoms with Gasteiger partial charge in [-0.25, -0.2) is 0 Å². The van der Waals surface area contributed by atoms with Gasteiger partial charge in [-0.05, 0) is 25.2 Å². The van der Waals surface area contributed by atoms with Crippen molar-refractivity contribution in [3.63, 3.8) is 0 Å². The molecule has 2 heterocycles. The molecule has 2 rings (SSSR count). The van der Waals surface area contributed by atoms with Gasteiger partial charge in [0.05, 0.1) is 6.20 Å². The molecule has 84 valence electrons. The molecular weight excluding hydrogens is 190 g/mol. The minimum absolute atomic E-state index is 0.581. The average Bonchev–Trinajstić information content (AvgIpc) is 2.76. The van der Waals surface area contributed by atoms with Gasteiger partial charge in [-0.2, -0.15) is 5.10 Å². The fourth-order valence-electron chi connectivity index (χ4n) is 1.98. The first kappa shape index (κ1) is 10.6. The lowest BCUT2D eigenvalue weighted by Crippen LogP contribution is -2.17. The van der Waals surface area contributed by atoms with Crippen LogP contribution in [0.5, 0.6) is 0 Å². The van der Waals surface area contributed by atoms with Crippen LogP contribution in [-0.2, 0) is 17.8 Å². The van der Waals surface area contributed by atoms with Crippen LogP contribution < -0.4 is 5.73 Å². The second-order valence-electron chi connectivity index (χ2n) is 4.16. The molecule has 1 aromatic rings. The molecule has 0 aliphatic carbocycles. The van der Waals surface area contributed by atoms with Gasteiger partial charge in [-0.1, -0.05) is 0 Å². The molecule has 0 aromatic carbocycles. The summed E-state index contributed by atoms with van der Waals surface area (Å²) in [4.78, 5) is 0. The first-order valence-electron chi connectivity index (χ1n) is 5.67. The van der Waals surface area contributed by atoms with E-state index in [2.05, 4.69) is 5.10 Å². The molecule has 0 radical (unpaired) electrons. The van der Waals surface area contributed by atoms with E-state index in [1.165, 1.54) is 19.3 Å². The van der Waals surface area contributed by atoms with Crippen molar-refractivity contribution < 1.29 is 4.74 Å². The van der Waals surface area contributed by atoms with Crippen LogP contribution in [0, 0.1) is 5.92 Å². The van der Waals surface area contributed by atoms with Crippen LogP contribution in [0.15, 0.2) is 12.4 Å². The topological polar surface area (TPSA) is 53.1 Å². The Labute approximate surface area is 90.4 Å². The van der Waals surface area contributed by atoms with Crippen molar-refractivity contribution in [3.05, 3.63) is 18.0 Å². The lowest BCUT2D eigenvalue weighted by Gasteiger charge is -2.21. The molecule has 1 fully saturated rings. The summed E-state index contributed by atoms with van der Waals surface area (Å²) in [6.07, 6.45) is 7.49. The van der Waals surface area contributed by atoms with Crippen LogP contribution in [0.2, 0.25) is 0 Å². The van der Waals surface area contributed by atoms with Gasteiger partial charge in [0, 0.05) is 38.1 Å². The van der Waals surface area contributed by atoms with Crippen LogP contribution in [0.1, 0.15) is 24.8 Å². The zero-order chi connectivity index (χ0) is 10.5. The fraction of sp³-hybridized carbons (Fsp3) is 0.727. The molecule has 15 heavy (non-hydrogen) atoms. The highest BCUT2D eigenvalue weighted by Crippen LogP contribution is 2.18. The van der Waals surface area contributed by atoms with Gasteiger partial charge in [0.15, 0.2) is 0 Å². The lowest BCUT2D eigenvalue weighted by atomic mass is 9.97. The summed E-state index contributed by atoms with van der Waals surface area (Å²) in [5, 5.41) is 4.28. The average molecular weight is 209 g/mol. The number of nitrogens with two attached hydrogens (primary N) is 1. The predicted molar refractivity (Wildman–Crippen MR) is 58.3 cm³/mol. The Morgan fingerprint density at radius 3 is 2.93 bits per heavy atom. The second kappa shape index (κ2) is 5.28. The van der Waals surface area contributed by atoms with Gasteiger partial charge in [0.1, 0.15) is 0 Å². The molecule has 0 spiro atoms. The summed E-state index contributed by atoms with van der Waals surface area (Å²) in [5.41, 5.74) is 6.65. The van der Waals surface area contributed by atoms with Crippen molar-refractivity contribution in [2.75, 3.05) is 13.2 Å². The molecule has 4 nitrogen and oxygen atoms in total. The van der Waals surface area contributed by atoms with E-state index in [0.29, 0.717) is 6.54 Å². The maximum atomic E-state index is 5.53. The van der Waals surface area contributed by atoms with E-state index in [4.69, 9.17) is 10.5 Å². The zero-order valence-electron chi connectivity index (χ0n) is 9.06. The van der Waals surface area contributed by atoms with Gasteiger partial charge >= 0.3 is 0 Å². The highest BCUT2D eigenvalue weighted by Gasteiger charge is 2.13. The molecule has 0 atom stereocenters. The fourth-order valence-corrected chi connectivity index (χ4v) is 1.98. The molecule has 1 aliphatic rings. The van der Waals surface area contributed by atoms with Gasteiger partial charge in [-0.3, -0.25) is 4.68 Å². The number of aryl methyl sites for hydroxylation is 1. The van der Waals surface area contributed by atoms with Crippen LogP contribution >= 0.6 is 0 Å².